The van der Waals surface area contributed by atoms with E-state index in [0.717, 1.165) is 10.6 Å². The molecule has 0 unspecified atom stereocenters. The number of carbonyl (C=O) groups is 2. The van der Waals surface area contributed by atoms with E-state index < -0.39 is 11.8 Å². The molecule has 3 aromatic carbocycles. The summed E-state index contributed by atoms with van der Waals surface area (Å²) >= 11 is 6.31. The number of carbonyl (C=O) groups excluding carboxylic acids is 2. The zero-order valence-electron chi connectivity index (χ0n) is 17.6. The lowest BCUT2D eigenvalue weighted by Crippen LogP contribution is -2.32. The van der Waals surface area contributed by atoms with Crippen LogP contribution < -0.4 is 10.2 Å². The molecule has 0 saturated carbocycles. The first kappa shape index (κ1) is 20.9. The SMILES string of the molecule is CC(C)(C)c1ccc(NC2=C(c3ccccc3)C(=O)N(c3ccccc3Cl)C2=O)cc1. The van der Waals surface area contributed by atoms with Gasteiger partial charge in [-0.25, -0.2) is 4.90 Å². The van der Waals surface area contributed by atoms with Crippen molar-refractivity contribution in [1.29, 1.82) is 0 Å². The van der Waals surface area contributed by atoms with Crippen molar-refractivity contribution in [1.82, 2.24) is 0 Å². The summed E-state index contributed by atoms with van der Waals surface area (Å²) in [5.41, 5.74) is 3.54. The maximum atomic E-state index is 13.4. The number of imide groups is 1. The molecule has 0 saturated heterocycles. The summed E-state index contributed by atoms with van der Waals surface area (Å²) in [4.78, 5) is 27.9. The van der Waals surface area contributed by atoms with E-state index in [0.29, 0.717) is 21.8 Å². The van der Waals surface area contributed by atoms with E-state index in [4.69, 9.17) is 11.6 Å². The largest absolute Gasteiger partial charge is 0.350 e. The zero-order valence-corrected chi connectivity index (χ0v) is 18.4. The molecule has 1 heterocycles. The van der Waals surface area contributed by atoms with Gasteiger partial charge in [0, 0.05) is 5.69 Å². The monoisotopic (exact) mass is 430 g/mol. The Bertz CT molecular complexity index is 1180. The number of halogens is 1. The number of anilines is 2. The highest BCUT2D eigenvalue weighted by molar-refractivity contribution is 6.48. The number of hydrogen-bond donors (Lipinski definition) is 1. The molecule has 0 atom stereocenters. The van der Waals surface area contributed by atoms with Crippen LogP contribution in [0.25, 0.3) is 5.57 Å². The first-order valence-electron chi connectivity index (χ1n) is 10.1. The Kier molecular flexibility index (Phi) is 5.42. The first-order valence-corrected chi connectivity index (χ1v) is 10.5. The van der Waals surface area contributed by atoms with Crippen LogP contribution in [0.15, 0.2) is 84.6 Å². The predicted molar refractivity (Wildman–Crippen MR) is 126 cm³/mol. The minimum absolute atomic E-state index is 0.0208. The van der Waals surface area contributed by atoms with Crippen molar-refractivity contribution in [2.75, 3.05) is 10.2 Å². The van der Waals surface area contributed by atoms with Gasteiger partial charge in [-0.15, -0.1) is 0 Å². The van der Waals surface area contributed by atoms with Gasteiger partial charge in [0.05, 0.1) is 16.3 Å². The summed E-state index contributed by atoms with van der Waals surface area (Å²) in [5.74, 6) is -0.838. The Morgan fingerprint density at radius 3 is 2.00 bits per heavy atom. The van der Waals surface area contributed by atoms with Crippen molar-refractivity contribution in [2.24, 2.45) is 0 Å². The minimum Gasteiger partial charge on any atom is -0.350 e. The second-order valence-electron chi connectivity index (χ2n) is 8.47. The Morgan fingerprint density at radius 2 is 1.39 bits per heavy atom. The van der Waals surface area contributed by atoms with Gasteiger partial charge in [0.1, 0.15) is 5.70 Å². The molecule has 0 aliphatic carbocycles. The highest BCUT2D eigenvalue weighted by atomic mass is 35.5. The summed E-state index contributed by atoms with van der Waals surface area (Å²) in [7, 11) is 0. The maximum Gasteiger partial charge on any atom is 0.282 e. The summed E-state index contributed by atoms with van der Waals surface area (Å²) in [6.45, 7) is 6.43. The van der Waals surface area contributed by atoms with Crippen molar-refractivity contribution < 1.29 is 9.59 Å². The molecule has 0 spiro atoms. The third kappa shape index (κ3) is 3.99. The molecular formula is C26H23ClN2O2. The van der Waals surface area contributed by atoms with E-state index in [1.807, 2.05) is 54.6 Å². The lowest BCUT2D eigenvalue weighted by molar-refractivity contribution is -0.120. The van der Waals surface area contributed by atoms with Gasteiger partial charge in [-0.3, -0.25) is 9.59 Å². The Hall–Kier alpha value is -3.37. The molecule has 2 amide bonds. The Labute approximate surface area is 187 Å². The van der Waals surface area contributed by atoms with Crippen LogP contribution in [-0.2, 0) is 15.0 Å². The predicted octanol–water partition coefficient (Wildman–Crippen LogP) is 6.03. The van der Waals surface area contributed by atoms with Crippen LogP contribution in [0.5, 0.6) is 0 Å². The van der Waals surface area contributed by atoms with Gasteiger partial charge in [-0.05, 0) is 40.8 Å². The second-order valence-corrected chi connectivity index (χ2v) is 8.87. The van der Waals surface area contributed by atoms with Crippen molar-refractivity contribution in [3.8, 4) is 0 Å². The van der Waals surface area contributed by atoms with Crippen LogP contribution in [0.2, 0.25) is 5.02 Å². The van der Waals surface area contributed by atoms with Crippen LogP contribution in [0.1, 0.15) is 31.9 Å². The van der Waals surface area contributed by atoms with Gasteiger partial charge in [0.15, 0.2) is 0 Å². The van der Waals surface area contributed by atoms with Crippen LogP contribution in [0.3, 0.4) is 0 Å². The number of hydrogen-bond acceptors (Lipinski definition) is 3. The van der Waals surface area contributed by atoms with Crippen LogP contribution >= 0.6 is 11.6 Å². The average molecular weight is 431 g/mol. The fraction of sp³-hybridized carbons (Fsp3) is 0.154. The zero-order chi connectivity index (χ0) is 22.2. The van der Waals surface area contributed by atoms with Crippen molar-refractivity contribution in [3.63, 3.8) is 0 Å². The van der Waals surface area contributed by atoms with E-state index in [-0.39, 0.29) is 11.1 Å². The highest BCUT2D eigenvalue weighted by Crippen LogP contribution is 2.36. The summed E-state index contributed by atoms with van der Waals surface area (Å²) in [5, 5.41) is 3.53. The standard InChI is InChI=1S/C26H23ClN2O2/c1-26(2,3)18-13-15-19(16-14-18)28-23-22(17-9-5-4-6-10-17)24(30)29(25(23)31)21-12-8-7-11-20(21)27/h4-16,28H,1-3H3. The van der Waals surface area contributed by atoms with Gasteiger partial charge < -0.3 is 5.32 Å². The number of amides is 2. The quantitative estimate of drug-likeness (QED) is 0.514. The topological polar surface area (TPSA) is 49.4 Å². The minimum atomic E-state index is -0.433. The van der Waals surface area contributed by atoms with E-state index in [2.05, 4.69) is 26.1 Å². The molecule has 5 heteroatoms. The normalized spacial score (nSPS) is 14.4. The molecule has 4 nitrogen and oxygen atoms in total. The summed E-state index contributed by atoms with van der Waals surface area (Å²) < 4.78 is 0. The lowest BCUT2D eigenvalue weighted by atomic mass is 9.87. The molecule has 0 fully saturated rings. The molecule has 0 bridgehead atoms. The van der Waals surface area contributed by atoms with Gasteiger partial charge in [0.25, 0.3) is 11.8 Å². The van der Waals surface area contributed by atoms with Gasteiger partial charge in [-0.2, -0.15) is 0 Å². The van der Waals surface area contributed by atoms with Crippen LogP contribution in [0, 0.1) is 0 Å². The Balaban J connectivity index is 1.78. The molecule has 31 heavy (non-hydrogen) atoms. The van der Waals surface area contributed by atoms with Crippen molar-refractivity contribution in [3.05, 3.63) is 101 Å². The van der Waals surface area contributed by atoms with Gasteiger partial charge in [0.2, 0.25) is 0 Å². The van der Waals surface area contributed by atoms with Crippen LogP contribution in [0.4, 0.5) is 11.4 Å². The molecule has 0 aromatic heterocycles. The summed E-state index contributed by atoms with van der Waals surface area (Å²) in [6, 6.07) is 23.9. The van der Waals surface area contributed by atoms with Crippen molar-refractivity contribution in [2.45, 2.75) is 26.2 Å². The van der Waals surface area contributed by atoms with Gasteiger partial charge >= 0.3 is 0 Å². The average Bonchev–Trinajstić information content (AvgIpc) is 2.98. The molecule has 1 N–H and O–H groups in total. The molecule has 1 aliphatic rings. The number of rotatable bonds is 4. The number of para-hydroxylation sites is 1. The smallest absolute Gasteiger partial charge is 0.282 e. The lowest BCUT2D eigenvalue weighted by Gasteiger charge is -2.19. The number of benzene rings is 3. The van der Waals surface area contributed by atoms with E-state index in [1.54, 1.807) is 24.3 Å². The molecule has 1 aliphatic heterocycles. The van der Waals surface area contributed by atoms with Crippen molar-refractivity contribution >= 4 is 40.4 Å². The van der Waals surface area contributed by atoms with E-state index >= 15 is 0 Å². The Morgan fingerprint density at radius 1 is 0.774 bits per heavy atom. The highest BCUT2D eigenvalue weighted by Gasteiger charge is 2.41. The van der Waals surface area contributed by atoms with E-state index in [9.17, 15) is 9.59 Å². The van der Waals surface area contributed by atoms with Crippen LogP contribution in [-0.4, -0.2) is 11.8 Å². The summed E-state index contributed by atoms with van der Waals surface area (Å²) in [6.07, 6.45) is 0. The molecule has 0 radical (unpaired) electrons. The maximum absolute atomic E-state index is 13.4. The number of nitrogens with one attached hydrogen (secondary N) is 1. The third-order valence-corrected chi connectivity index (χ3v) is 5.58. The third-order valence-electron chi connectivity index (χ3n) is 5.26. The van der Waals surface area contributed by atoms with Gasteiger partial charge in [-0.1, -0.05) is 87.0 Å². The molecule has 4 rings (SSSR count). The second kappa shape index (κ2) is 8.05. The van der Waals surface area contributed by atoms with E-state index in [1.165, 1.54) is 5.56 Å². The molecule has 156 valence electrons. The molecule has 3 aromatic rings. The fourth-order valence-corrected chi connectivity index (χ4v) is 3.79. The molecular weight excluding hydrogens is 408 g/mol. The number of nitrogens with zero attached hydrogens (tertiary/aromatic N) is 1. The fourth-order valence-electron chi connectivity index (χ4n) is 3.57. The first-order chi connectivity index (χ1) is 14.8.